The average molecular weight is 422 g/mol. The highest BCUT2D eigenvalue weighted by Gasteiger charge is 2.38. The second-order valence-corrected chi connectivity index (χ2v) is 7.66. The zero-order valence-corrected chi connectivity index (χ0v) is 17.1. The van der Waals surface area contributed by atoms with E-state index in [1.54, 1.807) is 24.3 Å². The molecule has 1 aliphatic heterocycles. The maximum Gasteiger partial charge on any atom is 0.416 e. The van der Waals surface area contributed by atoms with Gasteiger partial charge in [0.25, 0.3) is 5.91 Å². The minimum absolute atomic E-state index is 0.108. The van der Waals surface area contributed by atoms with Gasteiger partial charge in [0, 0.05) is 24.7 Å². The number of alkyl halides is 3. The summed E-state index contributed by atoms with van der Waals surface area (Å²) in [5, 5.41) is 10.9. The summed E-state index contributed by atoms with van der Waals surface area (Å²) in [5.74, 6) is -0.577. The molecule has 1 aliphatic rings. The van der Waals surface area contributed by atoms with Crippen molar-refractivity contribution in [3.8, 4) is 5.75 Å². The Balaban J connectivity index is 2.07. The predicted octanol–water partition coefficient (Wildman–Crippen LogP) is 3.31. The molecular formula is C22H25F3N2O3. The van der Waals surface area contributed by atoms with Crippen LogP contribution >= 0.6 is 0 Å². The van der Waals surface area contributed by atoms with E-state index in [-0.39, 0.29) is 13.0 Å². The summed E-state index contributed by atoms with van der Waals surface area (Å²) in [4.78, 5) is 16.4. The van der Waals surface area contributed by atoms with E-state index < -0.39 is 29.7 Å². The monoisotopic (exact) mass is 422 g/mol. The number of likely N-dealkylation sites (N-methyl/N-ethyl adjacent to an activating group) is 1. The van der Waals surface area contributed by atoms with Gasteiger partial charge >= 0.3 is 6.18 Å². The number of rotatable bonds is 5. The van der Waals surface area contributed by atoms with Crippen molar-refractivity contribution < 1.29 is 27.8 Å². The third kappa shape index (κ3) is 4.60. The number of methoxy groups -OCH3 is 1. The standard InChI is InChI=1S/C22H25F3N2O3/c1-26(2)10-11-27-19-9-6-16(22(23,24)25)12-15(19)13-18(20(28)21(27)29)14-4-7-17(30-3)8-5-14/h4-9,12,18,20,28H,10-11,13H2,1-3H3. The Morgan fingerprint density at radius 3 is 2.40 bits per heavy atom. The van der Waals surface area contributed by atoms with Crippen molar-refractivity contribution in [2.75, 3.05) is 39.2 Å². The van der Waals surface area contributed by atoms with Gasteiger partial charge in [-0.15, -0.1) is 0 Å². The molecule has 2 aromatic carbocycles. The van der Waals surface area contributed by atoms with Crippen LogP contribution in [0.25, 0.3) is 0 Å². The largest absolute Gasteiger partial charge is 0.497 e. The fourth-order valence-electron chi connectivity index (χ4n) is 3.67. The smallest absolute Gasteiger partial charge is 0.416 e. The minimum Gasteiger partial charge on any atom is -0.497 e. The van der Waals surface area contributed by atoms with Gasteiger partial charge < -0.3 is 19.6 Å². The summed E-state index contributed by atoms with van der Waals surface area (Å²) in [6, 6.07) is 10.2. The van der Waals surface area contributed by atoms with E-state index >= 15 is 0 Å². The number of hydrogen-bond acceptors (Lipinski definition) is 4. The highest BCUT2D eigenvalue weighted by Crippen LogP contribution is 2.39. The molecule has 2 aromatic rings. The number of fused-ring (bicyclic) bond motifs is 1. The van der Waals surface area contributed by atoms with Crippen LogP contribution in [0.15, 0.2) is 42.5 Å². The lowest BCUT2D eigenvalue weighted by molar-refractivity contribution is -0.137. The maximum atomic E-state index is 13.3. The molecule has 0 aromatic heterocycles. The maximum absolute atomic E-state index is 13.3. The lowest BCUT2D eigenvalue weighted by Crippen LogP contribution is -2.43. The van der Waals surface area contributed by atoms with Crippen LogP contribution < -0.4 is 9.64 Å². The molecule has 0 bridgehead atoms. The molecule has 0 saturated heterocycles. The first-order valence-corrected chi connectivity index (χ1v) is 9.60. The number of amides is 1. The highest BCUT2D eigenvalue weighted by molar-refractivity contribution is 5.98. The number of nitrogens with zero attached hydrogens (tertiary/aromatic N) is 2. The SMILES string of the molecule is COc1ccc(C2Cc3cc(C(F)(F)F)ccc3N(CCN(C)C)C(=O)C2O)cc1. The fourth-order valence-corrected chi connectivity index (χ4v) is 3.67. The number of benzene rings is 2. The van der Waals surface area contributed by atoms with Crippen LogP contribution in [0, 0.1) is 0 Å². The van der Waals surface area contributed by atoms with Crippen molar-refractivity contribution in [1.29, 1.82) is 0 Å². The van der Waals surface area contributed by atoms with Crippen LogP contribution in [0.5, 0.6) is 5.75 Å². The fraction of sp³-hybridized carbons (Fsp3) is 0.409. The van der Waals surface area contributed by atoms with Crippen molar-refractivity contribution in [3.63, 3.8) is 0 Å². The molecule has 30 heavy (non-hydrogen) atoms. The summed E-state index contributed by atoms with van der Waals surface area (Å²) in [7, 11) is 5.20. The molecule has 0 radical (unpaired) electrons. The number of hydrogen-bond donors (Lipinski definition) is 1. The van der Waals surface area contributed by atoms with Gasteiger partial charge in [-0.2, -0.15) is 13.2 Å². The topological polar surface area (TPSA) is 53.0 Å². The second kappa shape index (κ2) is 8.65. The van der Waals surface area contributed by atoms with Gasteiger partial charge in [-0.3, -0.25) is 4.79 Å². The van der Waals surface area contributed by atoms with Gasteiger partial charge in [0.05, 0.1) is 12.7 Å². The van der Waals surface area contributed by atoms with Crippen LogP contribution in [0.3, 0.4) is 0 Å². The van der Waals surface area contributed by atoms with Crippen LogP contribution in [0.2, 0.25) is 0 Å². The van der Waals surface area contributed by atoms with Gasteiger partial charge in [-0.25, -0.2) is 0 Å². The first-order chi connectivity index (χ1) is 14.1. The van der Waals surface area contributed by atoms with E-state index in [0.29, 0.717) is 29.1 Å². The number of aliphatic hydroxyl groups is 1. The van der Waals surface area contributed by atoms with Gasteiger partial charge in [-0.1, -0.05) is 12.1 Å². The van der Waals surface area contributed by atoms with Crippen LogP contribution in [-0.2, 0) is 17.4 Å². The van der Waals surface area contributed by atoms with Crippen molar-refractivity contribution in [1.82, 2.24) is 4.90 Å². The Hall–Kier alpha value is -2.58. The molecule has 2 atom stereocenters. The average Bonchev–Trinajstić information content (AvgIpc) is 2.80. The number of halogens is 3. The van der Waals surface area contributed by atoms with Gasteiger partial charge in [0.2, 0.25) is 0 Å². The molecule has 8 heteroatoms. The number of ether oxygens (including phenoxy) is 1. The molecule has 5 nitrogen and oxygen atoms in total. The molecule has 1 heterocycles. The van der Waals surface area contributed by atoms with Crippen molar-refractivity contribution in [2.24, 2.45) is 0 Å². The van der Waals surface area contributed by atoms with E-state index in [9.17, 15) is 23.1 Å². The van der Waals surface area contributed by atoms with Crippen LogP contribution in [0.4, 0.5) is 18.9 Å². The normalized spacial score (nSPS) is 19.6. The van der Waals surface area contributed by atoms with Crippen LogP contribution in [-0.4, -0.2) is 56.3 Å². The zero-order chi connectivity index (χ0) is 22.1. The Kier molecular flexibility index (Phi) is 6.38. The highest BCUT2D eigenvalue weighted by atomic mass is 19.4. The first-order valence-electron chi connectivity index (χ1n) is 9.60. The first kappa shape index (κ1) is 22.1. The van der Waals surface area contributed by atoms with Crippen molar-refractivity contribution in [3.05, 3.63) is 59.2 Å². The Morgan fingerprint density at radius 1 is 1.17 bits per heavy atom. The Labute approximate surface area is 173 Å². The molecule has 1 N–H and O–H groups in total. The van der Waals surface area contributed by atoms with Gasteiger partial charge in [0.15, 0.2) is 0 Å². The molecular weight excluding hydrogens is 397 g/mol. The van der Waals surface area contributed by atoms with E-state index in [4.69, 9.17) is 4.74 Å². The summed E-state index contributed by atoms with van der Waals surface area (Å²) >= 11 is 0. The Bertz CT molecular complexity index is 897. The summed E-state index contributed by atoms with van der Waals surface area (Å²) in [6.07, 6.45) is -5.76. The lowest BCUT2D eigenvalue weighted by Gasteiger charge is -2.27. The van der Waals surface area contributed by atoms with E-state index in [2.05, 4.69) is 0 Å². The van der Waals surface area contributed by atoms with Crippen LogP contribution in [0.1, 0.15) is 22.6 Å². The number of aliphatic hydroxyl groups excluding tert-OH is 1. The van der Waals surface area contributed by atoms with Crippen molar-refractivity contribution in [2.45, 2.75) is 24.6 Å². The van der Waals surface area contributed by atoms with E-state index in [0.717, 1.165) is 12.1 Å². The molecule has 0 saturated carbocycles. The van der Waals surface area contributed by atoms with E-state index in [1.165, 1.54) is 18.1 Å². The predicted molar refractivity (Wildman–Crippen MR) is 108 cm³/mol. The Morgan fingerprint density at radius 2 is 1.83 bits per heavy atom. The quantitative estimate of drug-likeness (QED) is 0.804. The molecule has 0 aliphatic carbocycles. The summed E-state index contributed by atoms with van der Waals surface area (Å²) < 4.78 is 45.1. The summed E-state index contributed by atoms with van der Waals surface area (Å²) in [5.41, 5.74) is 0.680. The molecule has 0 spiro atoms. The number of carbonyl (C=O) groups excluding carboxylic acids is 1. The van der Waals surface area contributed by atoms with Gasteiger partial charge in [-0.05, 0) is 62.0 Å². The minimum atomic E-state index is -4.49. The molecule has 3 rings (SSSR count). The zero-order valence-electron chi connectivity index (χ0n) is 17.1. The third-order valence-electron chi connectivity index (χ3n) is 5.35. The second-order valence-electron chi connectivity index (χ2n) is 7.66. The number of carbonyl (C=O) groups is 1. The number of anilines is 1. The molecule has 2 unspecified atom stereocenters. The molecule has 0 fully saturated rings. The van der Waals surface area contributed by atoms with Gasteiger partial charge in [0.1, 0.15) is 11.9 Å². The van der Waals surface area contributed by atoms with E-state index in [1.807, 2.05) is 19.0 Å². The molecule has 162 valence electrons. The van der Waals surface area contributed by atoms with Crippen molar-refractivity contribution >= 4 is 11.6 Å². The third-order valence-corrected chi connectivity index (χ3v) is 5.35. The lowest BCUT2D eigenvalue weighted by atomic mass is 9.87. The summed E-state index contributed by atoms with van der Waals surface area (Å²) in [6.45, 7) is 0.767. The molecule has 1 amide bonds.